The number of quaternary nitrogens is 1. The Morgan fingerprint density at radius 3 is 1.69 bits per heavy atom. The number of unbranched alkanes of at least 4 members (excludes halogenated alkanes) is 2. The molecule has 3 atom stereocenters. The lowest BCUT2D eigenvalue weighted by atomic mass is 10.0. The van der Waals surface area contributed by atoms with Crippen molar-refractivity contribution in [1.29, 1.82) is 0 Å². The Balaban J connectivity index is 5.37. The Morgan fingerprint density at radius 1 is 0.862 bits per heavy atom. The molecule has 0 amide bonds. The Labute approximate surface area is 177 Å². The summed E-state index contributed by atoms with van der Waals surface area (Å²) in [7, 11) is 0. The summed E-state index contributed by atoms with van der Waals surface area (Å²) in [5, 5.41) is 40.4. The zero-order chi connectivity index (χ0) is 22.1. The number of carbonyl (C=O) groups is 1. The molecule has 0 bridgehead atoms. The van der Waals surface area contributed by atoms with Gasteiger partial charge in [-0.15, -0.1) is 0 Å². The van der Waals surface area contributed by atoms with Crippen LogP contribution in [0.3, 0.4) is 0 Å². The van der Waals surface area contributed by atoms with Gasteiger partial charge >= 0.3 is 5.97 Å². The van der Waals surface area contributed by atoms with Crippen molar-refractivity contribution in [2.45, 2.75) is 77.9 Å². The van der Waals surface area contributed by atoms with E-state index in [4.69, 9.17) is 0 Å². The fraction of sp³-hybridized carbons (Fsp3) is 0.783. The second kappa shape index (κ2) is 16.6. The third kappa shape index (κ3) is 12.9. The predicted molar refractivity (Wildman–Crippen MR) is 118 cm³/mol. The van der Waals surface area contributed by atoms with E-state index in [1.165, 1.54) is 0 Å². The van der Waals surface area contributed by atoms with Gasteiger partial charge in [-0.3, -0.25) is 4.79 Å². The Morgan fingerprint density at radius 2 is 1.34 bits per heavy atom. The van der Waals surface area contributed by atoms with Crippen LogP contribution in [0, 0.1) is 5.92 Å². The Bertz CT molecular complexity index is 452. The maximum atomic E-state index is 11.7. The van der Waals surface area contributed by atoms with Crippen molar-refractivity contribution >= 4 is 5.97 Å². The van der Waals surface area contributed by atoms with E-state index in [9.17, 15) is 25.2 Å². The molecule has 0 aliphatic rings. The van der Waals surface area contributed by atoms with E-state index in [1.54, 1.807) is 0 Å². The molecular weight excluding hydrogens is 370 g/mol. The van der Waals surface area contributed by atoms with E-state index >= 15 is 0 Å². The van der Waals surface area contributed by atoms with E-state index in [0.29, 0.717) is 38.9 Å². The van der Waals surface area contributed by atoms with Crippen LogP contribution in [0.25, 0.3) is 0 Å². The minimum absolute atomic E-state index is 0.118. The number of aliphatic hydroxyl groups excluding tert-OH is 3. The SMILES string of the molecule is CCC/C=C/CC(O)C[N+](CCO)(CC(O)C/C=C/CCC)CC(CC)C(=O)O. The second-order valence-corrected chi connectivity index (χ2v) is 8.08. The summed E-state index contributed by atoms with van der Waals surface area (Å²) < 4.78 is 0.201. The van der Waals surface area contributed by atoms with Crippen LogP contribution in [0.4, 0.5) is 0 Å². The molecule has 29 heavy (non-hydrogen) atoms. The van der Waals surface area contributed by atoms with Gasteiger partial charge in [0, 0.05) is 0 Å². The molecule has 6 heteroatoms. The van der Waals surface area contributed by atoms with E-state index in [-0.39, 0.29) is 17.6 Å². The van der Waals surface area contributed by atoms with Gasteiger partial charge in [0.2, 0.25) is 0 Å². The molecule has 0 saturated carbocycles. The van der Waals surface area contributed by atoms with Gasteiger partial charge in [-0.2, -0.15) is 0 Å². The summed E-state index contributed by atoms with van der Waals surface area (Å²) in [6.45, 7) is 7.14. The maximum absolute atomic E-state index is 11.7. The van der Waals surface area contributed by atoms with Crippen molar-refractivity contribution in [1.82, 2.24) is 0 Å². The van der Waals surface area contributed by atoms with Gasteiger partial charge < -0.3 is 24.9 Å². The van der Waals surface area contributed by atoms with Crippen molar-refractivity contribution in [3.05, 3.63) is 24.3 Å². The predicted octanol–water partition coefficient (Wildman–Crippen LogP) is 3.12. The minimum Gasteiger partial charge on any atom is -0.481 e. The first-order chi connectivity index (χ1) is 13.8. The zero-order valence-electron chi connectivity index (χ0n) is 18.7. The quantitative estimate of drug-likeness (QED) is 0.204. The van der Waals surface area contributed by atoms with Crippen LogP contribution in [0.2, 0.25) is 0 Å². The topological polar surface area (TPSA) is 98.0 Å². The first kappa shape index (κ1) is 27.8. The van der Waals surface area contributed by atoms with E-state index < -0.39 is 24.1 Å². The van der Waals surface area contributed by atoms with Gasteiger partial charge in [-0.1, -0.05) is 57.9 Å². The largest absolute Gasteiger partial charge is 0.481 e. The highest BCUT2D eigenvalue weighted by atomic mass is 16.4. The minimum atomic E-state index is -0.873. The molecule has 0 aliphatic heterocycles. The smallest absolute Gasteiger partial charge is 0.312 e. The first-order valence-corrected chi connectivity index (χ1v) is 11.2. The summed E-state index contributed by atoms with van der Waals surface area (Å²) in [5.74, 6) is -1.45. The van der Waals surface area contributed by atoms with Gasteiger partial charge in [-0.05, 0) is 32.1 Å². The van der Waals surface area contributed by atoms with Crippen molar-refractivity contribution in [2.24, 2.45) is 5.92 Å². The summed E-state index contributed by atoms with van der Waals surface area (Å²) in [6, 6.07) is 0. The Hall–Kier alpha value is -1.21. The lowest BCUT2D eigenvalue weighted by Gasteiger charge is -2.42. The number of carboxylic acid groups (broad SMARTS) is 1. The molecule has 0 aromatic carbocycles. The van der Waals surface area contributed by atoms with Crippen molar-refractivity contribution < 1.29 is 29.7 Å². The lowest BCUT2D eigenvalue weighted by Crippen LogP contribution is -2.59. The second-order valence-electron chi connectivity index (χ2n) is 8.08. The van der Waals surface area contributed by atoms with Crippen LogP contribution in [0.15, 0.2) is 24.3 Å². The highest BCUT2D eigenvalue weighted by Gasteiger charge is 2.36. The van der Waals surface area contributed by atoms with Crippen molar-refractivity contribution in [2.75, 3.05) is 32.8 Å². The fourth-order valence-corrected chi connectivity index (χ4v) is 3.68. The maximum Gasteiger partial charge on any atom is 0.312 e. The Kier molecular flexibility index (Phi) is 15.9. The van der Waals surface area contributed by atoms with Crippen LogP contribution < -0.4 is 0 Å². The molecule has 0 aromatic heterocycles. The van der Waals surface area contributed by atoms with E-state index in [2.05, 4.69) is 13.8 Å². The van der Waals surface area contributed by atoms with E-state index in [1.807, 2.05) is 31.2 Å². The van der Waals surface area contributed by atoms with E-state index in [0.717, 1.165) is 25.7 Å². The third-order valence-corrected chi connectivity index (χ3v) is 5.28. The fourth-order valence-electron chi connectivity index (χ4n) is 3.68. The average Bonchev–Trinajstić information content (AvgIpc) is 2.66. The van der Waals surface area contributed by atoms with Gasteiger partial charge in [0.1, 0.15) is 37.8 Å². The molecule has 0 saturated heterocycles. The van der Waals surface area contributed by atoms with Crippen LogP contribution >= 0.6 is 0 Å². The molecule has 0 rings (SSSR count). The normalized spacial score (nSPS) is 17.4. The van der Waals surface area contributed by atoms with Gasteiger partial charge in [0.05, 0.1) is 13.2 Å². The molecule has 0 radical (unpaired) electrons. The summed E-state index contributed by atoms with van der Waals surface area (Å²) >= 11 is 0. The van der Waals surface area contributed by atoms with Crippen LogP contribution in [0.5, 0.6) is 0 Å². The lowest BCUT2D eigenvalue weighted by molar-refractivity contribution is -0.936. The molecule has 0 aliphatic carbocycles. The highest BCUT2D eigenvalue weighted by molar-refractivity contribution is 5.69. The molecular formula is C23H44NO5+. The molecule has 4 N–H and O–H groups in total. The summed E-state index contributed by atoms with van der Waals surface area (Å²) in [6.07, 6.45) is 12.2. The standard InChI is InChI=1S/C23H43NO5/c1-4-7-9-11-13-21(26)18-24(15-16-25,17-20(6-3)23(28)29)19-22(27)14-12-10-8-5-2/h9-12,20-22,25-27H,4-8,13-19H2,1-3H3/p+1/b11-9+,12-10+. The number of aliphatic carboxylic acids is 1. The molecule has 0 heterocycles. The van der Waals surface area contributed by atoms with Crippen molar-refractivity contribution in [3.63, 3.8) is 0 Å². The van der Waals surface area contributed by atoms with Gasteiger partial charge in [0.25, 0.3) is 0 Å². The zero-order valence-corrected chi connectivity index (χ0v) is 18.7. The molecule has 170 valence electrons. The number of nitrogens with zero attached hydrogens (tertiary/aromatic N) is 1. The molecule has 0 spiro atoms. The molecule has 6 nitrogen and oxygen atoms in total. The highest BCUT2D eigenvalue weighted by Crippen LogP contribution is 2.19. The number of aliphatic hydroxyl groups is 3. The number of allylic oxidation sites excluding steroid dienone is 2. The molecule has 3 unspecified atom stereocenters. The van der Waals surface area contributed by atoms with Crippen LogP contribution in [-0.4, -0.2) is 75.9 Å². The number of hydrogen-bond donors (Lipinski definition) is 4. The number of hydrogen-bond acceptors (Lipinski definition) is 4. The first-order valence-electron chi connectivity index (χ1n) is 11.2. The average molecular weight is 415 g/mol. The van der Waals surface area contributed by atoms with Gasteiger partial charge in [-0.25, -0.2) is 0 Å². The van der Waals surface area contributed by atoms with Gasteiger partial charge in [0.15, 0.2) is 0 Å². The monoisotopic (exact) mass is 414 g/mol. The third-order valence-electron chi connectivity index (χ3n) is 5.28. The van der Waals surface area contributed by atoms with Crippen LogP contribution in [-0.2, 0) is 4.79 Å². The summed E-state index contributed by atoms with van der Waals surface area (Å²) in [4.78, 5) is 11.7. The number of carboxylic acids is 1. The molecule has 0 aromatic rings. The number of rotatable bonds is 18. The van der Waals surface area contributed by atoms with Crippen molar-refractivity contribution in [3.8, 4) is 0 Å². The van der Waals surface area contributed by atoms with Crippen LogP contribution in [0.1, 0.15) is 65.7 Å². The summed E-state index contributed by atoms with van der Waals surface area (Å²) in [5.41, 5.74) is 0. The molecule has 0 fully saturated rings.